The van der Waals surface area contributed by atoms with E-state index in [0.29, 0.717) is 11.8 Å². The summed E-state index contributed by atoms with van der Waals surface area (Å²) in [6, 6.07) is 9.87. The Hall–Kier alpha value is -2.89. The van der Waals surface area contributed by atoms with Crippen LogP contribution in [-0.4, -0.2) is 20.7 Å². The lowest BCUT2D eigenvalue weighted by Gasteiger charge is -2.10. The van der Waals surface area contributed by atoms with Crippen LogP contribution in [0.4, 0.5) is 5.69 Å². The van der Waals surface area contributed by atoms with Crippen LogP contribution in [0.3, 0.4) is 0 Å². The predicted molar refractivity (Wildman–Crippen MR) is 96.4 cm³/mol. The molecule has 6 heteroatoms. The van der Waals surface area contributed by atoms with E-state index in [1.54, 1.807) is 6.92 Å². The van der Waals surface area contributed by atoms with E-state index in [1.807, 2.05) is 48.7 Å². The smallest absolute Gasteiger partial charge is 0.249 e. The Labute approximate surface area is 146 Å². The van der Waals surface area contributed by atoms with Gasteiger partial charge in [-0.1, -0.05) is 19.1 Å². The number of rotatable bonds is 5. The molecule has 0 bridgehead atoms. The molecule has 25 heavy (non-hydrogen) atoms. The molecule has 1 aromatic carbocycles. The fourth-order valence-corrected chi connectivity index (χ4v) is 2.83. The number of carbonyl (C=O) groups is 1. The van der Waals surface area contributed by atoms with Gasteiger partial charge >= 0.3 is 0 Å². The molecule has 1 amide bonds. The minimum atomic E-state index is -0.0701. The molecule has 0 saturated heterocycles. The van der Waals surface area contributed by atoms with Crippen molar-refractivity contribution in [3.8, 4) is 11.5 Å². The standard InChI is InChI=1S/C19H22N4O2/c1-5-15-6-8-16(9-7-15)20-18(24)11-23-12(2)10-17(13(23)3)19-22-21-14(4)25-19/h6-10H,5,11H2,1-4H3,(H,20,24). The van der Waals surface area contributed by atoms with Crippen molar-refractivity contribution < 1.29 is 9.21 Å². The molecule has 0 aliphatic carbocycles. The highest BCUT2D eigenvalue weighted by atomic mass is 16.4. The van der Waals surface area contributed by atoms with E-state index in [4.69, 9.17) is 4.42 Å². The van der Waals surface area contributed by atoms with Crippen molar-refractivity contribution in [1.82, 2.24) is 14.8 Å². The SMILES string of the molecule is CCc1ccc(NC(=O)Cn2c(C)cc(-c3nnc(C)o3)c2C)cc1. The van der Waals surface area contributed by atoms with Crippen molar-refractivity contribution in [3.63, 3.8) is 0 Å². The van der Waals surface area contributed by atoms with Gasteiger partial charge in [0.2, 0.25) is 17.7 Å². The van der Waals surface area contributed by atoms with Crippen LogP contribution >= 0.6 is 0 Å². The van der Waals surface area contributed by atoms with E-state index in [1.165, 1.54) is 5.56 Å². The normalized spacial score (nSPS) is 10.9. The first kappa shape index (κ1) is 17.0. The van der Waals surface area contributed by atoms with Crippen molar-refractivity contribution in [2.45, 2.75) is 40.7 Å². The van der Waals surface area contributed by atoms with Gasteiger partial charge in [-0.15, -0.1) is 10.2 Å². The van der Waals surface area contributed by atoms with Crippen LogP contribution in [0.1, 0.15) is 29.8 Å². The number of hydrogen-bond donors (Lipinski definition) is 1. The van der Waals surface area contributed by atoms with E-state index in [-0.39, 0.29) is 12.5 Å². The number of anilines is 1. The average molecular weight is 338 g/mol. The fourth-order valence-electron chi connectivity index (χ4n) is 2.83. The highest BCUT2D eigenvalue weighted by molar-refractivity contribution is 5.90. The Balaban J connectivity index is 1.75. The van der Waals surface area contributed by atoms with E-state index in [0.717, 1.165) is 29.1 Å². The maximum Gasteiger partial charge on any atom is 0.249 e. The first-order chi connectivity index (χ1) is 12.0. The van der Waals surface area contributed by atoms with Crippen LogP contribution in [0.15, 0.2) is 34.7 Å². The summed E-state index contributed by atoms with van der Waals surface area (Å²) in [7, 11) is 0. The highest BCUT2D eigenvalue weighted by Gasteiger charge is 2.17. The molecule has 0 aliphatic rings. The van der Waals surface area contributed by atoms with Gasteiger partial charge in [0.15, 0.2) is 0 Å². The molecule has 3 aromatic rings. The zero-order valence-electron chi connectivity index (χ0n) is 15.0. The van der Waals surface area contributed by atoms with Crippen molar-refractivity contribution >= 4 is 11.6 Å². The number of amides is 1. The molecule has 0 radical (unpaired) electrons. The molecule has 0 unspecified atom stereocenters. The monoisotopic (exact) mass is 338 g/mol. The zero-order chi connectivity index (χ0) is 18.0. The summed E-state index contributed by atoms with van der Waals surface area (Å²) < 4.78 is 7.45. The predicted octanol–water partition coefficient (Wildman–Crippen LogP) is 3.66. The van der Waals surface area contributed by atoms with Gasteiger partial charge < -0.3 is 14.3 Å². The minimum absolute atomic E-state index is 0.0701. The average Bonchev–Trinajstić information content (AvgIpc) is 3.14. The van der Waals surface area contributed by atoms with Crippen molar-refractivity contribution in [1.29, 1.82) is 0 Å². The summed E-state index contributed by atoms with van der Waals surface area (Å²) in [6.07, 6.45) is 0.980. The number of aryl methyl sites for hydroxylation is 3. The third-order valence-electron chi connectivity index (χ3n) is 4.28. The minimum Gasteiger partial charge on any atom is -0.421 e. The number of aromatic nitrogens is 3. The molecular weight excluding hydrogens is 316 g/mol. The molecule has 0 spiro atoms. The van der Waals surface area contributed by atoms with Crippen LogP contribution in [0.2, 0.25) is 0 Å². The fraction of sp³-hybridized carbons (Fsp3) is 0.316. The molecule has 130 valence electrons. The summed E-state index contributed by atoms with van der Waals surface area (Å²) in [5.41, 5.74) is 4.81. The molecule has 0 aliphatic heterocycles. The molecule has 3 rings (SSSR count). The Kier molecular flexibility index (Phi) is 4.70. The van der Waals surface area contributed by atoms with Gasteiger partial charge in [-0.3, -0.25) is 4.79 Å². The second-order valence-corrected chi connectivity index (χ2v) is 6.10. The van der Waals surface area contributed by atoms with Gasteiger partial charge in [0.05, 0.1) is 5.56 Å². The quantitative estimate of drug-likeness (QED) is 0.770. The van der Waals surface area contributed by atoms with Crippen LogP contribution in [0.5, 0.6) is 0 Å². The third-order valence-corrected chi connectivity index (χ3v) is 4.28. The van der Waals surface area contributed by atoms with Gasteiger partial charge in [-0.05, 0) is 44.0 Å². The first-order valence-corrected chi connectivity index (χ1v) is 8.34. The van der Waals surface area contributed by atoms with Crippen LogP contribution in [-0.2, 0) is 17.8 Å². The molecular formula is C19H22N4O2. The highest BCUT2D eigenvalue weighted by Crippen LogP contribution is 2.25. The summed E-state index contributed by atoms with van der Waals surface area (Å²) in [5, 5.41) is 10.9. The van der Waals surface area contributed by atoms with Crippen LogP contribution in [0, 0.1) is 20.8 Å². The zero-order valence-corrected chi connectivity index (χ0v) is 15.0. The van der Waals surface area contributed by atoms with Gasteiger partial charge in [0, 0.05) is 24.0 Å². The van der Waals surface area contributed by atoms with Crippen molar-refractivity contribution in [3.05, 3.63) is 53.2 Å². The summed E-state index contributed by atoms with van der Waals surface area (Å²) in [6.45, 7) is 8.01. The van der Waals surface area contributed by atoms with Gasteiger partial charge in [0.1, 0.15) is 6.54 Å². The topological polar surface area (TPSA) is 73.0 Å². The maximum atomic E-state index is 12.4. The van der Waals surface area contributed by atoms with Gasteiger partial charge in [0.25, 0.3) is 0 Å². The second kappa shape index (κ2) is 6.93. The van der Waals surface area contributed by atoms with E-state index >= 15 is 0 Å². The summed E-state index contributed by atoms with van der Waals surface area (Å²) in [4.78, 5) is 12.4. The van der Waals surface area contributed by atoms with E-state index in [9.17, 15) is 4.79 Å². The Bertz CT molecular complexity index is 891. The number of benzene rings is 1. The Morgan fingerprint density at radius 2 is 1.88 bits per heavy atom. The first-order valence-electron chi connectivity index (χ1n) is 8.34. The Morgan fingerprint density at radius 1 is 1.16 bits per heavy atom. The number of nitrogens with zero attached hydrogens (tertiary/aromatic N) is 3. The molecule has 0 atom stereocenters. The summed E-state index contributed by atoms with van der Waals surface area (Å²) >= 11 is 0. The third kappa shape index (κ3) is 3.63. The van der Waals surface area contributed by atoms with Crippen LogP contribution < -0.4 is 5.32 Å². The number of nitrogens with one attached hydrogen (secondary N) is 1. The molecule has 0 fully saturated rings. The molecule has 1 N–H and O–H groups in total. The molecule has 2 aromatic heterocycles. The maximum absolute atomic E-state index is 12.4. The Morgan fingerprint density at radius 3 is 2.48 bits per heavy atom. The van der Waals surface area contributed by atoms with E-state index < -0.39 is 0 Å². The lowest BCUT2D eigenvalue weighted by atomic mass is 10.1. The van der Waals surface area contributed by atoms with Crippen LogP contribution in [0.25, 0.3) is 11.5 Å². The number of carbonyl (C=O) groups excluding carboxylic acids is 1. The lowest BCUT2D eigenvalue weighted by molar-refractivity contribution is -0.116. The number of hydrogen-bond acceptors (Lipinski definition) is 4. The van der Waals surface area contributed by atoms with Crippen molar-refractivity contribution in [2.24, 2.45) is 0 Å². The second-order valence-electron chi connectivity index (χ2n) is 6.10. The largest absolute Gasteiger partial charge is 0.421 e. The molecule has 0 saturated carbocycles. The molecule has 2 heterocycles. The van der Waals surface area contributed by atoms with Gasteiger partial charge in [-0.25, -0.2) is 0 Å². The van der Waals surface area contributed by atoms with Crippen molar-refractivity contribution in [2.75, 3.05) is 5.32 Å². The lowest BCUT2D eigenvalue weighted by Crippen LogP contribution is -2.20. The van der Waals surface area contributed by atoms with Gasteiger partial charge in [-0.2, -0.15) is 0 Å². The molecule has 6 nitrogen and oxygen atoms in total. The van der Waals surface area contributed by atoms with E-state index in [2.05, 4.69) is 22.4 Å². The summed E-state index contributed by atoms with van der Waals surface area (Å²) in [5.74, 6) is 0.930.